The van der Waals surface area contributed by atoms with Crippen LogP contribution in [0.5, 0.6) is 0 Å². The van der Waals surface area contributed by atoms with Crippen molar-refractivity contribution in [2.24, 2.45) is 0 Å². The summed E-state index contributed by atoms with van der Waals surface area (Å²) in [6, 6.07) is 9.52. The third kappa shape index (κ3) is 4.68. The lowest BCUT2D eigenvalue weighted by atomic mass is 9.86. The van der Waals surface area contributed by atoms with Crippen LogP contribution in [0.3, 0.4) is 0 Å². The number of aliphatic hydroxyl groups is 1. The molecule has 3 nitrogen and oxygen atoms in total. The second-order valence-electron chi connectivity index (χ2n) is 7.00. The number of thiophene rings is 1. The molecule has 6 heteroatoms. The van der Waals surface area contributed by atoms with Crippen LogP contribution in [0.2, 0.25) is 8.67 Å². The number of Topliss-reactive ketones (excluding diaryl/α,β-unsaturated/α-hetero) is 1. The van der Waals surface area contributed by atoms with Gasteiger partial charge in [-0.25, -0.2) is 0 Å². The van der Waals surface area contributed by atoms with E-state index in [-0.39, 0.29) is 5.78 Å². The first-order chi connectivity index (χ1) is 12.4. The Bertz CT molecular complexity index is 765. The average Bonchev–Trinajstić information content (AvgIpc) is 2.96. The maximum Gasteiger partial charge on any atom is 0.162 e. The highest BCUT2D eigenvalue weighted by atomic mass is 35.5. The number of benzene rings is 1. The Balaban J connectivity index is 1.46. The van der Waals surface area contributed by atoms with Crippen LogP contribution in [-0.2, 0) is 5.60 Å². The van der Waals surface area contributed by atoms with Crippen LogP contribution in [-0.4, -0.2) is 35.4 Å². The summed E-state index contributed by atoms with van der Waals surface area (Å²) in [5, 5.41) is 10.9. The maximum absolute atomic E-state index is 12.2. The van der Waals surface area contributed by atoms with Gasteiger partial charge in [0.1, 0.15) is 4.34 Å². The third-order valence-corrected chi connectivity index (χ3v) is 6.58. The highest BCUT2D eigenvalue weighted by molar-refractivity contribution is 7.20. The second kappa shape index (κ2) is 8.41. The van der Waals surface area contributed by atoms with E-state index in [1.807, 2.05) is 31.2 Å². The van der Waals surface area contributed by atoms with Crippen LogP contribution in [0.4, 0.5) is 0 Å². The SMILES string of the molecule is Cc1ccc(C(=O)CCCN2CCC(O)(c3cc(Cl)sc3Cl)CC2)cc1. The fraction of sp³-hybridized carbons (Fsp3) is 0.450. The van der Waals surface area contributed by atoms with Crippen molar-refractivity contribution in [2.75, 3.05) is 19.6 Å². The summed E-state index contributed by atoms with van der Waals surface area (Å²) in [5.74, 6) is 0.193. The molecule has 1 aromatic carbocycles. The standard InChI is InChI=1S/C20H23Cl2NO2S/c1-14-4-6-15(7-5-14)17(24)3-2-10-23-11-8-20(25,9-12-23)16-13-18(21)26-19(16)22/h4-7,13,25H,2-3,8-12H2,1H3. The lowest BCUT2D eigenvalue weighted by Gasteiger charge is -2.38. The van der Waals surface area contributed by atoms with Crippen LogP contribution in [0.1, 0.15) is 47.2 Å². The first-order valence-electron chi connectivity index (χ1n) is 8.87. The smallest absolute Gasteiger partial charge is 0.162 e. The number of carbonyl (C=O) groups is 1. The lowest BCUT2D eigenvalue weighted by molar-refractivity contribution is -0.0256. The highest BCUT2D eigenvalue weighted by Gasteiger charge is 2.36. The zero-order chi connectivity index (χ0) is 18.7. The molecule has 1 saturated heterocycles. The Morgan fingerprint density at radius 3 is 2.46 bits per heavy atom. The molecule has 0 unspecified atom stereocenters. The number of piperidine rings is 1. The number of hydrogen-bond acceptors (Lipinski definition) is 4. The predicted molar refractivity (Wildman–Crippen MR) is 109 cm³/mol. The molecule has 1 aromatic heterocycles. The molecule has 1 aliphatic rings. The minimum Gasteiger partial charge on any atom is -0.385 e. The fourth-order valence-electron chi connectivity index (χ4n) is 3.42. The van der Waals surface area contributed by atoms with Gasteiger partial charge >= 0.3 is 0 Å². The van der Waals surface area contributed by atoms with Gasteiger partial charge in [0.25, 0.3) is 0 Å². The topological polar surface area (TPSA) is 40.5 Å². The Kier molecular flexibility index (Phi) is 6.41. The van der Waals surface area contributed by atoms with E-state index in [2.05, 4.69) is 4.90 Å². The fourth-order valence-corrected chi connectivity index (χ4v) is 5.07. The van der Waals surface area contributed by atoms with Crippen molar-refractivity contribution in [1.82, 2.24) is 4.90 Å². The molecule has 0 bridgehead atoms. The molecule has 3 rings (SSSR count). The van der Waals surface area contributed by atoms with Crippen molar-refractivity contribution in [3.63, 3.8) is 0 Å². The monoisotopic (exact) mass is 411 g/mol. The molecule has 140 valence electrons. The Hall–Kier alpha value is -0.910. The van der Waals surface area contributed by atoms with Crippen LogP contribution < -0.4 is 0 Å². The summed E-state index contributed by atoms with van der Waals surface area (Å²) in [6.45, 7) is 4.47. The van der Waals surface area contributed by atoms with Gasteiger partial charge in [0, 0.05) is 30.6 Å². The molecule has 0 radical (unpaired) electrons. The van der Waals surface area contributed by atoms with Gasteiger partial charge in [-0.3, -0.25) is 4.79 Å². The number of rotatable bonds is 6. The van der Waals surface area contributed by atoms with E-state index < -0.39 is 5.60 Å². The van der Waals surface area contributed by atoms with E-state index in [9.17, 15) is 9.90 Å². The first-order valence-corrected chi connectivity index (χ1v) is 10.4. The Morgan fingerprint density at radius 1 is 1.23 bits per heavy atom. The highest BCUT2D eigenvalue weighted by Crippen LogP contribution is 2.42. The van der Waals surface area contributed by atoms with E-state index in [1.165, 1.54) is 11.3 Å². The Labute approximate surface area is 168 Å². The van der Waals surface area contributed by atoms with E-state index in [1.54, 1.807) is 6.07 Å². The minimum absolute atomic E-state index is 0.193. The quantitative estimate of drug-likeness (QED) is 0.654. The number of aryl methyl sites for hydroxylation is 1. The van der Waals surface area contributed by atoms with Crippen molar-refractivity contribution >= 4 is 40.3 Å². The zero-order valence-corrected chi connectivity index (χ0v) is 17.1. The van der Waals surface area contributed by atoms with E-state index in [0.29, 0.717) is 27.9 Å². The minimum atomic E-state index is -0.894. The number of carbonyl (C=O) groups excluding carboxylic acids is 1. The van der Waals surface area contributed by atoms with Gasteiger partial charge in [0.2, 0.25) is 0 Å². The number of hydrogen-bond donors (Lipinski definition) is 1. The molecular formula is C20H23Cl2NO2S. The number of ketones is 1. The lowest BCUT2D eigenvalue weighted by Crippen LogP contribution is -2.42. The summed E-state index contributed by atoms with van der Waals surface area (Å²) in [7, 11) is 0. The van der Waals surface area contributed by atoms with E-state index in [4.69, 9.17) is 23.2 Å². The van der Waals surface area contributed by atoms with Gasteiger partial charge in [0.05, 0.1) is 9.94 Å². The normalized spacial score (nSPS) is 17.4. The summed E-state index contributed by atoms with van der Waals surface area (Å²) < 4.78 is 1.19. The van der Waals surface area contributed by atoms with Crippen molar-refractivity contribution in [3.05, 3.63) is 55.7 Å². The van der Waals surface area contributed by atoms with Gasteiger partial charge in [-0.15, -0.1) is 11.3 Å². The van der Waals surface area contributed by atoms with Gasteiger partial charge in [-0.05, 0) is 38.8 Å². The van der Waals surface area contributed by atoms with Gasteiger partial charge in [0.15, 0.2) is 5.78 Å². The zero-order valence-electron chi connectivity index (χ0n) is 14.8. The molecule has 0 amide bonds. The molecule has 0 spiro atoms. The van der Waals surface area contributed by atoms with Crippen molar-refractivity contribution in [2.45, 2.75) is 38.2 Å². The van der Waals surface area contributed by atoms with Gasteiger partial charge in [-0.1, -0.05) is 53.0 Å². The summed E-state index contributed by atoms with van der Waals surface area (Å²) in [4.78, 5) is 14.5. The molecule has 26 heavy (non-hydrogen) atoms. The molecule has 1 N–H and O–H groups in total. The van der Waals surface area contributed by atoms with Crippen LogP contribution in [0.25, 0.3) is 0 Å². The summed E-state index contributed by atoms with van der Waals surface area (Å²) >= 11 is 13.5. The molecule has 1 aliphatic heterocycles. The molecular weight excluding hydrogens is 389 g/mol. The number of likely N-dealkylation sites (tertiary alicyclic amines) is 1. The van der Waals surface area contributed by atoms with Gasteiger partial charge < -0.3 is 10.0 Å². The van der Waals surface area contributed by atoms with Crippen LogP contribution >= 0.6 is 34.5 Å². The molecule has 0 aliphatic carbocycles. The van der Waals surface area contributed by atoms with Crippen LogP contribution in [0, 0.1) is 6.92 Å². The largest absolute Gasteiger partial charge is 0.385 e. The first kappa shape index (κ1) is 19.8. The number of halogens is 2. The average molecular weight is 412 g/mol. The van der Waals surface area contributed by atoms with E-state index >= 15 is 0 Å². The molecule has 2 heterocycles. The van der Waals surface area contributed by atoms with Crippen molar-refractivity contribution < 1.29 is 9.90 Å². The molecule has 0 atom stereocenters. The summed E-state index contributed by atoms with van der Waals surface area (Å²) in [5.41, 5.74) is 1.81. The summed E-state index contributed by atoms with van der Waals surface area (Å²) in [6.07, 6.45) is 2.64. The molecule has 1 fully saturated rings. The maximum atomic E-state index is 12.2. The van der Waals surface area contributed by atoms with E-state index in [0.717, 1.165) is 42.7 Å². The number of nitrogens with zero attached hydrogens (tertiary/aromatic N) is 1. The van der Waals surface area contributed by atoms with Crippen LogP contribution in [0.15, 0.2) is 30.3 Å². The van der Waals surface area contributed by atoms with Crippen molar-refractivity contribution in [3.8, 4) is 0 Å². The van der Waals surface area contributed by atoms with Crippen molar-refractivity contribution in [1.29, 1.82) is 0 Å². The molecule has 2 aromatic rings. The molecule has 0 saturated carbocycles. The van der Waals surface area contributed by atoms with Gasteiger partial charge in [-0.2, -0.15) is 0 Å². The predicted octanol–water partition coefficient (Wildman–Crippen LogP) is 5.31. The third-order valence-electron chi connectivity index (χ3n) is 5.09. The second-order valence-corrected chi connectivity index (χ2v) is 9.29. The Morgan fingerprint density at radius 2 is 1.88 bits per heavy atom.